The molecule has 0 heterocycles. The molecule has 4 rings (SSSR count). The van der Waals surface area contributed by atoms with E-state index in [-0.39, 0.29) is 36.3 Å². The number of nitrogens with one attached hydrogen (secondary N) is 1. The molecule has 0 radical (unpaired) electrons. The number of aliphatic hydroxyl groups excluding tert-OH is 2. The van der Waals surface area contributed by atoms with Crippen LogP contribution in [-0.2, 0) is 35.1 Å². The first kappa shape index (κ1) is 30.5. The van der Waals surface area contributed by atoms with Gasteiger partial charge in [0.15, 0.2) is 11.4 Å². The summed E-state index contributed by atoms with van der Waals surface area (Å²) in [6.07, 6.45) is -0.618. The van der Waals surface area contributed by atoms with E-state index in [4.69, 9.17) is 10.5 Å². The Hall–Kier alpha value is -4.43. The normalized spacial score (nSPS) is 25.1. The van der Waals surface area contributed by atoms with Crippen LogP contribution in [0.15, 0.2) is 23.0 Å². The van der Waals surface area contributed by atoms with Gasteiger partial charge in [-0.3, -0.25) is 28.9 Å². The molecular formula is C28H34N4O10. The van der Waals surface area contributed by atoms with Gasteiger partial charge in [0.05, 0.1) is 23.9 Å². The molecule has 0 aromatic heterocycles. The van der Waals surface area contributed by atoms with Gasteiger partial charge < -0.3 is 41.1 Å². The SMILES string of the molecule is CCOC(=O)CC(=O)Nc1cc(N(C)C)c2c(c1O)C(O)=C1C(=O)C3(O)C(O)=C(C(N)=O)C(=O)[C@@H](N(C)C)C3CC1C2. The molecule has 1 saturated carbocycles. The fraction of sp³-hybridized carbons (Fsp3) is 0.464. The highest BCUT2D eigenvalue weighted by Crippen LogP contribution is 2.54. The highest BCUT2D eigenvalue weighted by molar-refractivity contribution is 6.24. The molecule has 3 unspecified atom stereocenters. The number of esters is 1. The van der Waals surface area contributed by atoms with Gasteiger partial charge in [-0.25, -0.2) is 0 Å². The summed E-state index contributed by atoms with van der Waals surface area (Å²) < 4.78 is 4.78. The molecule has 42 heavy (non-hydrogen) atoms. The first-order valence-corrected chi connectivity index (χ1v) is 13.2. The highest BCUT2D eigenvalue weighted by atomic mass is 16.5. The van der Waals surface area contributed by atoms with Gasteiger partial charge in [-0.15, -0.1) is 0 Å². The Morgan fingerprint density at radius 2 is 1.79 bits per heavy atom. The molecule has 0 bridgehead atoms. The number of ether oxygens (including phenoxy) is 1. The van der Waals surface area contributed by atoms with Gasteiger partial charge in [-0.2, -0.15) is 0 Å². The molecule has 14 nitrogen and oxygen atoms in total. The summed E-state index contributed by atoms with van der Waals surface area (Å²) >= 11 is 0. The molecule has 0 aliphatic heterocycles. The van der Waals surface area contributed by atoms with Crippen molar-refractivity contribution >= 4 is 46.5 Å². The van der Waals surface area contributed by atoms with E-state index in [2.05, 4.69) is 5.32 Å². The Balaban J connectivity index is 1.90. The molecule has 14 heteroatoms. The van der Waals surface area contributed by atoms with Crippen molar-refractivity contribution in [1.82, 2.24) is 4.90 Å². The lowest BCUT2D eigenvalue weighted by Gasteiger charge is -2.50. The Morgan fingerprint density at radius 3 is 2.33 bits per heavy atom. The molecule has 2 amide bonds. The van der Waals surface area contributed by atoms with Crippen molar-refractivity contribution in [1.29, 1.82) is 0 Å². The number of nitrogens with zero attached hydrogens (tertiary/aromatic N) is 2. The van der Waals surface area contributed by atoms with Crippen LogP contribution in [0.5, 0.6) is 5.75 Å². The zero-order chi connectivity index (χ0) is 31.4. The minimum atomic E-state index is -2.77. The lowest BCUT2D eigenvalue weighted by atomic mass is 9.57. The molecule has 1 aromatic rings. The predicted octanol–water partition coefficient (Wildman–Crippen LogP) is -0.0783. The van der Waals surface area contributed by atoms with Gasteiger partial charge in [0, 0.05) is 31.3 Å². The maximum absolute atomic E-state index is 14.0. The van der Waals surface area contributed by atoms with Crippen LogP contribution in [0.1, 0.15) is 30.9 Å². The number of aliphatic hydroxyl groups is 3. The number of ketones is 2. The lowest BCUT2D eigenvalue weighted by molar-refractivity contribution is -0.154. The number of nitrogens with two attached hydrogens (primary N) is 1. The Bertz CT molecular complexity index is 1480. The molecule has 1 aromatic carbocycles. The summed E-state index contributed by atoms with van der Waals surface area (Å²) in [6, 6.07) is 0.262. The summed E-state index contributed by atoms with van der Waals surface area (Å²) in [5.74, 6) is -9.32. The third kappa shape index (κ3) is 4.56. The number of aromatic hydroxyl groups is 1. The molecule has 3 aliphatic carbocycles. The fourth-order valence-electron chi connectivity index (χ4n) is 6.32. The van der Waals surface area contributed by atoms with Gasteiger partial charge in [0.2, 0.25) is 11.7 Å². The second kappa shape index (κ2) is 10.8. The standard InChI is InChI=1S/C28H34N4O10/c1-6-42-17(34)10-16(33)30-14-9-15(31(2)3)12-7-11-8-13-21(32(4)5)24(37)20(27(29)40)26(39)28(13,41)25(38)18(11)23(36)19(12)22(14)35/h9,11,13,21,35-36,39,41H,6-8,10H2,1-5H3,(H2,29,40)(H,30,33)/t11?,13?,21-,28?/m0/s1. The van der Waals surface area contributed by atoms with Gasteiger partial charge in [0.1, 0.15) is 29.3 Å². The van der Waals surface area contributed by atoms with Crippen LogP contribution in [0.3, 0.4) is 0 Å². The smallest absolute Gasteiger partial charge is 0.315 e. The van der Waals surface area contributed by atoms with E-state index >= 15 is 0 Å². The van der Waals surface area contributed by atoms with E-state index in [1.807, 2.05) is 0 Å². The van der Waals surface area contributed by atoms with Gasteiger partial charge in [-0.1, -0.05) is 0 Å². The number of carbonyl (C=O) groups is 5. The molecule has 4 atom stereocenters. The van der Waals surface area contributed by atoms with Crippen LogP contribution in [0.2, 0.25) is 0 Å². The van der Waals surface area contributed by atoms with Crippen molar-refractivity contribution < 1.29 is 49.1 Å². The van der Waals surface area contributed by atoms with Crippen molar-refractivity contribution in [3.05, 3.63) is 34.1 Å². The molecule has 0 spiro atoms. The molecule has 1 fully saturated rings. The number of amides is 2. The van der Waals surface area contributed by atoms with Gasteiger partial charge >= 0.3 is 5.97 Å². The maximum atomic E-state index is 14.0. The summed E-state index contributed by atoms with van der Waals surface area (Å²) in [6.45, 7) is 1.65. The van der Waals surface area contributed by atoms with Crippen LogP contribution in [0.4, 0.5) is 11.4 Å². The maximum Gasteiger partial charge on any atom is 0.315 e. The van der Waals surface area contributed by atoms with E-state index in [1.165, 1.54) is 25.1 Å². The number of rotatable bonds is 7. The lowest BCUT2D eigenvalue weighted by Crippen LogP contribution is -2.65. The van der Waals surface area contributed by atoms with Gasteiger partial charge in [0.25, 0.3) is 5.91 Å². The molecule has 3 aliphatic rings. The average molecular weight is 587 g/mol. The van der Waals surface area contributed by atoms with Crippen molar-refractivity contribution in [3.63, 3.8) is 0 Å². The number of anilines is 2. The number of hydrogen-bond acceptors (Lipinski definition) is 12. The van der Waals surface area contributed by atoms with E-state index in [9.17, 15) is 44.4 Å². The minimum Gasteiger partial charge on any atom is -0.508 e. The number of likely N-dealkylation sites (N-methyl/N-ethyl adjacent to an activating group) is 1. The molecule has 0 saturated heterocycles. The third-order valence-electron chi connectivity index (χ3n) is 8.06. The quantitative estimate of drug-likeness (QED) is 0.107. The summed E-state index contributed by atoms with van der Waals surface area (Å²) in [4.78, 5) is 66.7. The second-order valence-electron chi connectivity index (χ2n) is 11.0. The fourth-order valence-corrected chi connectivity index (χ4v) is 6.32. The zero-order valence-electron chi connectivity index (χ0n) is 23.8. The number of Topliss-reactive ketones (excluding diaryl/α,β-unsaturated/α-hetero) is 2. The number of hydrogen-bond donors (Lipinski definition) is 6. The number of benzene rings is 1. The first-order chi connectivity index (χ1) is 19.6. The van der Waals surface area contributed by atoms with Crippen LogP contribution in [0.25, 0.3) is 5.76 Å². The van der Waals surface area contributed by atoms with E-state index in [0.717, 1.165) is 0 Å². The summed E-state index contributed by atoms with van der Waals surface area (Å²) in [5.41, 5.74) is 1.89. The summed E-state index contributed by atoms with van der Waals surface area (Å²) in [7, 11) is 6.42. The van der Waals surface area contributed by atoms with Crippen molar-refractivity contribution in [2.24, 2.45) is 17.6 Å². The Labute approximate surface area is 241 Å². The largest absolute Gasteiger partial charge is 0.508 e. The topological polar surface area (TPSA) is 220 Å². The average Bonchev–Trinajstić information content (AvgIpc) is 2.87. The Morgan fingerprint density at radius 1 is 1.14 bits per heavy atom. The number of carbonyl (C=O) groups excluding carboxylic acids is 5. The molecule has 7 N–H and O–H groups in total. The molecular weight excluding hydrogens is 552 g/mol. The predicted molar refractivity (Wildman–Crippen MR) is 148 cm³/mol. The number of phenols is 1. The number of primary amides is 1. The molecule has 226 valence electrons. The minimum absolute atomic E-state index is 0.0581. The first-order valence-electron chi connectivity index (χ1n) is 13.2. The van der Waals surface area contributed by atoms with E-state index < -0.39 is 82.1 Å². The number of phenolic OH excluding ortho intramolecular Hbond substituents is 1. The summed E-state index contributed by atoms with van der Waals surface area (Å²) in [5, 5.41) is 47.8. The second-order valence-corrected chi connectivity index (χ2v) is 11.0. The monoisotopic (exact) mass is 586 g/mol. The third-order valence-corrected chi connectivity index (χ3v) is 8.06. The van der Waals surface area contributed by atoms with Crippen molar-refractivity contribution in [3.8, 4) is 5.75 Å². The number of fused-ring (bicyclic) bond motifs is 3. The Kier molecular flexibility index (Phi) is 7.82. The van der Waals surface area contributed by atoms with Crippen molar-refractivity contribution in [2.45, 2.75) is 37.8 Å². The van der Waals surface area contributed by atoms with Crippen LogP contribution in [-0.4, -0.2) is 101 Å². The highest BCUT2D eigenvalue weighted by Gasteiger charge is 2.64. The van der Waals surface area contributed by atoms with Crippen LogP contribution < -0.4 is 16.0 Å². The zero-order valence-corrected chi connectivity index (χ0v) is 23.8. The van der Waals surface area contributed by atoms with Crippen LogP contribution in [0, 0.1) is 11.8 Å². The van der Waals surface area contributed by atoms with Crippen molar-refractivity contribution in [2.75, 3.05) is 45.0 Å². The van der Waals surface area contributed by atoms with Crippen LogP contribution >= 0.6 is 0 Å². The van der Waals surface area contributed by atoms with E-state index in [1.54, 1.807) is 25.9 Å². The van der Waals surface area contributed by atoms with E-state index in [0.29, 0.717) is 11.3 Å². The van der Waals surface area contributed by atoms with Gasteiger partial charge in [-0.05, 0) is 51.4 Å².